The summed E-state index contributed by atoms with van der Waals surface area (Å²) in [6.45, 7) is 14.5. The van der Waals surface area contributed by atoms with E-state index in [0.717, 1.165) is 41.2 Å². The summed E-state index contributed by atoms with van der Waals surface area (Å²) in [5.74, 6) is 0.245. The van der Waals surface area contributed by atoms with Crippen molar-refractivity contribution in [1.29, 1.82) is 0 Å². The normalized spacial score (nSPS) is 12.7. The summed E-state index contributed by atoms with van der Waals surface area (Å²) in [4.78, 5) is 34.7. The number of aromatic nitrogens is 2. The van der Waals surface area contributed by atoms with Crippen LogP contribution in [-0.2, 0) is 16.1 Å². The van der Waals surface area contributed by atoms with Gasteiger partial charge in [-0.25, -0.2) is 9.78 Å². The average molecular weight is 394 g/mol. The number of fused-ring (bicyclic) bond motifs is 1. The van der Waals surface area contributed by atoms with Crippen molar-refractivity contribution in [3.63, 3.8) is 0 Å². The number of ether oxygens (including phenoxy) is 1. The highest BCUT2D eigenvalue weighted by Gasteiger charge is 2.25. The first-order valence-electron chi connectivity index (χ1n) is 9.75. The Kier molecular flexibility index (Phi) is 7.56. The van der Waals surface area contributed by atoms with E-state index in [1.54, 1.807) is 6.92 Å². The van der Waals surface area contributed by atoms with Crippen molar-refractivity contribution in [2.45, 2.75) is 67.0 Å². The van der Waals surface area contributed by atoms with Crippen LogP contribution in [0, 0.1) is 13.8 Å². The molecular formula is C20H31N3O3S. The van der Waals surface area contributed by atoms with Crippen molar-refractivity contribution in [1.82, 2.24) is 14.5 Å². The number of rotatable bonds is 9. The highest BCUT2D eigenvalue weighted by molar-refractivity contribution is 7.18. The molecule has 0 fully saturated rings. The lowest BCUT2D eigenvalue weighted by atomic mass is 10.2. The zero-order chi connectivity index (χ0) is 20.1. The molecule has 2 rings (SSSR count). The number of thiophene rings is 1. The van der Waals surface area contributed by atoms with E-state index in [2.05, 4.69) is 18.7 Å². The Balaban J connectivity index is 2.55. The third kappa shape index (κ3) is 4.58. The fourth-order valence-electron chi connectivity index (χ4n) is 3.05. The standard InChI is InChI=1S/C20H31N3O3S/c1-7-10-11-26-20(25)14(5)23-16(12-22(8-2)9-3)21-18-17(19(23)24)13(4)15(6)27-18/h14H,7-12H2,1-6H3. The molecule has 6 nitrogen and oxygen atoms in total. The molecule has 1 unspecified atom stereocenters. The maximum atomic E-state index is 13.3. The molecule has 0 radical (unpaired) electrons. The second kappa shape index (κ2) is 9.46. The third-order valence-electron chi connectivity index (χ3n) is 5.04. The van der Waals surface area contributed by atoms with Gasteiger partial charge in [0.1, 0.15) is 16.7 Å². The minimum absolute atomic E-state index is 0.149. The number of hydrogen-bond donors (Lipinski definition) is 0. The Hall–Kier alpha value is -1.73. The molecule has 2 aromatic rings. The SMILES string of the molecule is CCCCOC(=O)C(C)n1c(CN(CC)CC)nc2sc(C)c(C)c2c1=O. The molecule has 2 aromatic heterocycles. The van der Waals surface area contributed by atoms with Crippen molar-refractivity contribution in [3.05, 3.63) is 26.6 Å². The number of unbranched alkanes of at least 4 members (excludes halogenated alkanes) is 1. The van der Waals surface area contributed by atoms with Crippen LogP contribution in [0.2, 0.25) is 0 Å². The molecule has 0 saturated carbocycles. The second-order valence-corrected chi connectivity index (χ2v) is 8.03. The van der Waals surface area contributed by atoms with E-state index in [9.17, 15) is 9.59 Å². The van der Waals surface area contributed by atoms with Crippen LogP contribution in [-0.4, -0.2) is 40.1 Å². The van der Waals surface area contributed by atoms with Gasteiger partial charge in [-0.2, -0.15) is 0 Å². The second-order valence-electron chi connectivity index (χ2n) is 6.83. The molecule has 1 atom stereocenters. The lowest BCUT2D eigenvalue weighted by Gasteiger charge is -2.23. The summed E-state index contributed by atoms with van der Waals surface area (Å²) in [6.07, 6.45) is 1.77. The van der Waals surface area contributed by atoms with E-state index in [4.69, 9.17) is 9.72 Å². The smallest absolute Gasteiger partial charge is 0.329 e. The summed E-state index contributed by atoms with van der Waals surface area (Å²) in [5, 5.41) is 0.619. The van der Waals surface area contributed by atoms with Crippen LogP contribution in [0.3, 0.4) is 0 Å². The molecule has 7 heteroatoms. The van der Waals surface area contributed by atoms with Crippen LogP contribution in [0.4, 0.5) is 0 Å². The quantitative estimate of drug-likeness (QED) is 0.479. The molecule has 0 amide bonds. The number of carbonyl (C=O) groups is 1. The Labute approximate surface area is 165 Å². The first-order valence-corrected chi connectivity index (χ1v) is 10.6. The summed E-state index contributed by atoms with van der Waals surface area (Å²) < 4.78 is 6.91. The highest BCUT2D eigenvalue weighted by Crippen LogP contribution is 2.27. The molecule has 0 spiro atoms. The van der Waals surface area contributed by atoms with Crippen LogP contribution in [0.15, 0.2) is 4.79 Å². The van der Waals surface area contributed by atoms with Gasteiger partial charge in [-0.15, -0.1) is 11.3 Å². The summed E-state index contributed by atoms with van der Waals surface area (Å²) >= 11 is 1.54. The third-order valence-corrected chi connectivity index (χ3v) is 6.14. The number of aryl methyl sites for hydroxylation is 2. The molecule has 0 N–H and O–H groups in total. The van der Waals surface area contributed by atoms with Crippen LogP contribution in [0.5, 0.6) is 0 Å². The number of esters is 1. The summed E-state index contributed by atoms with van der Waals surface area (Å²) in [6, 6.07) is -0.698. The Bertz CT molecular complexity index is 852. The predicted octanol–water partition coefficient (Wildman–Crippen LogP) is 3.82. The largest absolute Gasteiger partial charge is 0.464 e. The first-order chi connectivity index (χ1) is 12.8. The minimum atomic E-state index is -0.698. The van der Waals surface area contributed by atoms with E-state index in [0.29, 0.717) is 24.4 Å². The molecule has 0 bridgehead atoms. The number of carbonyl (C=O) groups excluding carboxylic acids is 1. The maximum Gasteiger partial charge on any atom is 0.329 e. The van der Waals surface area contributed by atoms with Gasteiger partial charge in [0.2, 0.25) is 0 Å². The van der Waals surface area contributed by atoms with Gasteiger partial charge >= 0.3 is 5.97 Å². The molecule has 0 saturated heterocycles. The van der Waals surface area contributed by atoms with Crippen molar-refractivity contribution < 1.29 is 9.53 Å². The van der Waals surface area contributed by atoms with Crippen LogP contribution in [0.1, 0.15) is 62.8 Å². The summed E-state index contributed by atoms with van der Waals surface area (Å²) in [5.41, 5.74) is 0.797. The molecular weight excluding hydrogens is 362 g/mol. The van der Waals surface area contributed by atoms with Crippen molar-refractivity contribution in [2.75, 3.05) is 19.7 Å². The van der Waals surface area contributed by atoms with Gasteiger partial charge in [0.15, 0.2) is 0 Å². The van der Waals surface area contributed by atoms with E-state index in [1.807, 2.05) is 20.8 Å². The minimum Gasteiger partial charge on any atom is -0.464 e. The molecule has 0 aliphatic rings. The van der Waals surface area contributed by atoms with Gasteiger partial charge in [-0.05, 0) is 45.8 Å². The van der Waals surface area contributed by atoms with Crippen molar-refractivity contribution in [2.24, 2.45) is 0 Å². The predicted molar refractivity (Wildman–Crippen MR) is 111 cm³/mol. The van der Waals surface area contributed by atoms with Gasteiger partial charge in [-0.3, -0.25) is 14.3 Å². The van der Waals surface area contributed by atoms with E-state index in [1.165, 1.54) is 15.9 Å². The van der Waals surface area contributed by atoms with Crippen molar-refractivity contribution >= 4 is 27.5 Å². The monoisotopic (exact) mass is 393 g/mol. The van der Waals surface area contributed by atoms with Gasteiger partial charge in [0, 0.05) is 4.88 Å². The zero-order valence-electron chi connectivity index (χ0n) is 17.3. The first kappa shape index (κ1) is 21.6. The Morgan fingerprint density at radius 2 is 1.93 bits per heavy atom. The lowest BCUT2D eigenvalue weighted by molar-refractivity contribution is -0.147. The van der Waals surface area contributed by atoms with Gasteiger partial charge in [0.05, 0.1) is 18.5 Å². The van der Waals surface area contributed by atoms with Gasteiger partial charge in [0.25, 0.3) is 5.56 Å². The molecule has 0 aromatic carbocycles. The maximum absolute atomic E-state index is 13.3. The molecule has 27 heavy (non-hydrogen) atoms. The zero-order valence-corrected chi connectivity index (χ0v) is 18.1. The number of hydrogen-bond acceptors (Lipinski definition) is 6. The van der Waals surface area contributed by atoms with E-state index in [-0.39, 0.29) is 11.5 Å². The van der Waals surface area contributed by atoms with Crippen LogP contribution in [0.25, 0.3) is 10.2 Å². The molecule has 150 valence electrons. The lowest BCUT2D eigenvalue weighted by Crippen LogP contribution is -2.35. The van der Waals surface area contributed by atoms with Crippen molar-refractivity contribution in [3.8, 4) is 0 Å². The number of nitrogens with zero attached hydrogens (tertiary/aromatic N) is 3. The summed E-state index contributed by atoms with van der Waals surface area (Å²) in [7, 11) is 0. The fraction of sp³-hybridized carbons (Fsp3) is 0.650. The van der Waals surface area contributed by atoms with Gasteiger partial charge in [-0.1, -0.05) is 27.2 Å². The van der Waals surface area contributed by atoms with E-state index >= 15 is 0 Å². The molecule has 2 heterocycles. The average Bonchev–Trinajstić information content (AvgIpc) is 2.93. The van der Waals surface area contributed by atoms with Crippen LogP contribution >= 0.6 is 11.3 Å². The topological polar surface area (TPSA) is 64.4 Å². The molecule has 0 aliphatic heterocycles. The molecule has 0 aliphatic carbocycles. The Morgan fingerprint density at radius 1 is 1.26 bits per heavy atom. The Morgan fingerprint density at radius 3 is 2.52 bits per heavy atom. The van der Waals surface area contributed by atoms with Gasteiger partial charge < -0.3 is 4.74 Å². The van der Waals surface area contributed by atoms with E-state index < -0.39 is 6.04 Å². The van der Waals surface area contributed by atoms with Crippen LogP contribution < -0.4 is 5.56 Å². The highest BCUT2D eigenvalue weighted by atomic mass is 32.1. The fourth-order valence-corrected chi connectivity index (χ4v) is 4.09.